The first kappa shape index (κ1) is 20.2. The molecule has 27 heavy (non-hydrogen) atoms. The summed E-state index contributed by atoms with van der Waals surface area (Å²) in [4.78, 5) is 4.83. The van der Waals surface area contributed by atoms with Crippen molar-refractivity contribution in [1.29, 1.82) is 0 Å². The van der Waals surface area contributed by atoms with Gasteiger partial charge in [0.25, 0.3) is 0 Å². The molecule has 2 aliphatic rings. The van der Waals surface area contributed by atoms with E-state index in [1.807, 2.05) is 12.1 Å². The second-order valence-electron chi connectivity index (χ2n) is 7.59. The molecule has 0 saturated carbocycles. The lowest BCUT2D eigenvalue weighted by atomic mass is 10.1. The first-order valence-electron chi connectivity index (χ1n) is 10.5. The Morgan fingerprint density at radius 2 is 1.52 bits per heavy atom. The lowest BCUT2D eigenvalue weighted by Gasteiger charge is -2.28. The summed E-state index contributed by atoms with van der Waals surface area (Å²) in [6.45, 7) is 7.45. The summed E-state index contributed by atoms with van der Waals surface area (Å²) in [6, 6.07) is 5.48. The number of hydrogen-bond donors (Lipinski definition) is 0. The molecule has 6 heteroatoms. The van der Waals surface area contributed by atoms with Gasteiger partial charge in [-0.1, -0.05) is 18.0 Å². The third-order valence-electron chi connectivity index (χ3n) is 5.62. The van der Waals surface area contributed by atoms with Crippen LogP contribution in [0.1, 0.15) is 38.5 Å². The van der Waals surface area contributed by atoms with E-state index in [0.717, 1.165) is 31.2 Å². The molecular weight excluding hydrogens is 342 g/mol. The second kappa shape index (κ2) is 10.7. The Hall–Kier alpha value is -1.50. The van der Waals surface area contributed by atoms with Gasteiger partial charge in [-0.2, -0.15) is 0 Å². The van der Waals surface area contributed by atoms with Crippen LogP contribution in [0.5, 0.6) is 11.5 Å². The van der Waals surface area contributed by atoms with Gasteiger partial charge >= 0.3 is 0 Å². The normalized spacial score (nSPS) is 19.0. The highest BCUT2D eigenvalue weighted by Gasteiger charge is 2.15. The number of likely N-dealkylation sites (tertiary alicyclic amines) is 2. The number of ether oxygens (including phenoxy) is 2. The molecular formula is C21H34N3O3. The Morgan fingerprint density at radius 1 is 0.889 bits per heavy atom. The Balaban J connectivity index is 1.48. The summed E-state index contributed by atoms with van der Waals surface area (Å²) < 4.78 is 11.4. The number of anilines is 1. The van der Waals surface area contributed by atoms with E-state index in [1.54, 1.807) is 13.2 Å². The van der Waals surface area contributed by atoms with Crippen LogP contribution in [0.4, 0.5) is 5.69 Å². The minimum Gasteiger partial charge on any atom is -0.493 e. The van der Waals surface area contributed by atoms with E-state index in [9.17, 15) is 5.21 Å². The molecule has 3 rings (SSSR count). The molecule has 0 N–H and O–H groups in total. The molecule has 0 aliphatic carbocycles. The van der Waals surface area contributed by atoms with Crippen LogP contribution in [-0.4, -0.2) is 69.3 Å². The first-order valence-corrected chi connectivity index (χ1v) is 10.5. The minimum absolute atomic E-state index is 0.484. The number of rotatable bonds is 9. The fourth-order valence-corrected chi connectivity index (χ4v) is 3.94. The monoisotopic (exact) mass is 376 g/mol. The molecule has 1 aromatic rings. The molecule has 2 saturated heterocycles. The van der Waals surface area contributed by atoms with Crippen LogP contribution in [0.25, 0.3) is 0 Å². The largest absolute Gasteiger partial charge is 0.493 e. The molecule has 0 amide bonds. The molecule has 1 aromatic carbocycles. The zero-order valence-corrected chi connectivity index (χ0v) is 16.7. The van der Waals surface area contributed by atoms with Crippen LogP contribution in [-0.2, 0) is 5.21 Å². The van der Waals surface area contributed by atoms with Crippen LogP contribution in [0.15, 0.2) is 18.2 Å². The Kier molecular flexibility index (Phi) is 8.05. The van der Waals surface area contributed by atoms with Crippen LogP contribution in [0, 0.1) is 0 Å². The standard InChI is InChI=1S/C21H34N3O3/c1-26-21-18-19(24(25)15-14-22-10-4-2-5-11-22)8-9-20(21)27-17-16-23-12-6-3-7-13-23/h8-9,18H,2-7,10-17H2,1H3. The van der Waals surface area contributed by atoms with Crippen molar-refractivity contribution in [2.45, 2.75) is 38.5 Å². The highest BCUT2D eigenvalue weighted by Crippen LogP contribution is 2.31. The lowest BCUT2D eigenvalue weighted by molar-refractivity contribution is 0.138. The van der Waals surface area contributed by atoms with Crippen LogP contribution in [0.2, 0.25) is 0 Å². The van der Waals surface area contributed by atoms with Crippen molar-refractivity contribution in [3.63, 3.8) is 0 Å². The Morgan fingerprint density at radius 3 is 2.15 bits per heavy atom. The van der Waals surface area contributed by atoms with E-state index >= 15 is 0 Å². The summed E-state index contributed by atoms with van der Waals surface area (Å²) >= 11 is 0. The predicted octanol–water partition coefficient (Wildman–Crippen LogP) is 3.20. The molecule has 151 valence electrons. The topological polar surface area (TPSA) is 48.1 Å². The number of hydroxylamine groups is 1. The number of benzene rings is 1. The smallest absolute Gasteiger partial charge is 0.162 e. The summed E-state index contributed by atoms with van der Waals surface area (Å²) in [5.41, 5.74) is 0.632. The van der Waals surface area contributed by atoms with Crippen molar-refractivity contribution < 1.29 is 14.7 Å². The van der Waals surface area contributed by atoms with E-state index in [1.165, 1.54) is 51.6 Å². The van der Waals surface area contributed by atoms with E-state index in [2.05, 4.69) is 9.80 Å². The van der Waals surface area contributed by atoms with Crippen molar-refractivity contribution in [3.05, 3.63) is 18.2 Å². The van der Waals surface area contributed by atoms with Gasteiger partial charge < -0.3 is 14.4 Å². The van der Waals surface area contributed by atoms with E-state index < -0.39 is 0 Å². The van der Waals surface area contributed by atoms with Crippen LogP contribution < -0.4 is 14.5 Å². The van der Waals surface area contributed by atoms with Gasteiger partial charge in [-0.05, 0) is 64.0 Å². The molecule has 0 bridgehead atoms. The average molecular weight is 377 g/mol. The van der Waals surface area contributed by atoms with Crippen LogP contribution in [0.3, 0.4) is 0 Å². The fourth-order valence-electron chi connectivity index (χ4n) is 3.94. The molecule has 0 aromatic heterocycles. The average Bonchev–Trinajstić information content (AvgIpc) is 2.73. The molecule has 0 unspecified atom stereocenters. The highest BCUT2D eigenvalue weighted by atomic mass is 16.5. The maximum atomic E-state index is 12.5. The summed E-state index contributed by atoms with van der Waals surface area (Å²) in [5.74, 6) is 1.34. The third kappa shape index (κ3) is 6.26. The van der Waals surface area contributed by atoms with Gasteiger partial charge in [-0.15, -0.1) is 0 Å². The Bertz CT molecular complexity index is 558. The molecule has 0 spiro atoms. The maximum Gasteiger partial charge on any atom is 0.162 e. The van der Waals surface area contributed by atoms with Gasteiger partial charge in [0.05, 0.1) is 19.3 Å². The van der Waals surface area contributed by atoms with Crippen molar-refractivity contribution in [2.75, 3.05) is 64.6 Å². The van der Waals surface area contributed by atoms with E-state index in [4.69, 9.17) is 9.47 Å². The number of hydrogen-bond acceptors (Lipinski definition) is 5. The van der Waals surface area contributed by atoms with Crippen LogP contribution >= 0.6 is 0 Å². The molecule has 2 fully saturated rings. The van der Waals surface area contributed by atoms with Crippen molar-refractivity contribution in [2.24, 2.45) is 0 Å². The van der Waals surface area contributed by atoms with Gasteiger partial charge in [0.1, 0.15) is 6.61 Å². The maximum absolute atomic E-state index is 12.5. The van der Waals surface area contributed by atoms with Gasteiger partial charge in [0.2, 0.25) is 0 Å². The molecule has 2 aliphatic heterocycles. The van der Waals surface area contributed by atoms with Gasteiger partial charge in [0, 0.05) is 19.2 Å². The van der Waals surface area contributed by atoms with Gasteiger partial charge in [0.15, 0.2) is 11.5 Å². The van der Waals surface area contributed by atoms with Crippen molar-refractivity contribution >= 4 is 5.69 Å². The predicted molar refractivity (Wildman–Crippen MR) is 107 cm³/mol. The third-order valence-corrected chi connectivity index (χ3v) is 5.62. The van der Waals surface area contributed by atoms with E-state index in [0.29, 0.717) is 30.3 Å². The molecule has 2 heterocycles. The van der Waals surface area contributed by atoms with Gasteiger partial charge in [-0.3, -0.25) is 4.90 Å². The zero-order chi connectivity index (χ0) is 18.9. The van der Waals surface area contributed by atoms with E-state index in [-0.39, 0.29) is 0 Å². The number of methoxy groups -OCH3 is 1. The molecule has 0 atom stereocenters. The molecule has 1 radical (unpaired) electrons. The summed E-state index contributed by atoms with van der Waals surface area (Å²) in [6.07, 6.45) is 7.72. The summed E-state index contributed by atoms with van der Waals surface area (Å²) in [7, 11) is 1.62. The second-order valence-corrected chi connectivity index (χ2v) is 7.59. The Labute approximate surface area is 163 Å². The summed E-state index contributed by atoms with van der Waals surface area (Å²) in [5, 5.41) is 13.5. The quantitative estimate of drug-likeness (QED) is 0.620. The van der Waals surface area contributed by atoms with Crippen molar-refractivity contribution in [3.8, 4) is 11.5 Å². The molecule has 6 nitrogen and oxygen atoms in total. The number of piperidine rings is 2. The minimum atomic E-state index is 0.484. The lowest BCUT2D eigenvalue weighted by Crippen LogP contribution is -2.36. The fraction of sp³-hybridized carbons (Fsp3) is 0.714. The zero-order valence-electron chi connectivity index (χ0n) is 16.7. The highest BCUT2D eigenvalue weighted by molar-refractivity contribution is 5.55. The SMILES string of the molecule is COc1cc(N([O])CCN2CCCCC2)ccc1OCCN1CCCCC1. The first-order chi connectivity index (χ1) is 13.3. The van der Waals surface area contributed by atoms with Gasteiger partial charge in [-0.25, -0.2) is 5.06 Å². The van der Waals surface area contributed by atoms with Crippen molar-refractivity contribution in [1.82, 2.24) is 9.80 Å². The number of nitrogens with zero attached hydrogens (tertiary/aromatic N) is 3.